The lowest BCUT2D eigenvalue weighted by Gasteiger charge is -2.20. The summed E-state index contributed by atoms with van der Waals surface area (Å²) in [6.45, 7) is 0.859. The summed E-state index contributed by atoms with van der Waals surface area (Å²) < 4.78 is 70.7. The van der Waals surface area contributed by atoms with Crippen LogP contribution in [0.5, 0.6) is 11.5 Å². The molecule has 180 valence electrons. The maximum absolute atomic E-state index is 13.5. The number of aliphatic hydroxyl groups excluding tert-OH is 1. The number of nitrogens with zero attached hydrogens (tertiary/aromatic N) is 4. The average Bonchev–Trinajstić information content (AvgIpc) is 2.76. The van der Waals surface area contributed by atoms with Crippen LogP contribution in [0, 0.1) is 11.3 Å². The van der Waals surface area contributed by atoms with E-state index in [1.54, 1.807) is 6.07 Å². The van der Waals surface area contributed by atoms with Gasteiger partial charge in [0.05, 0.1) is 40.9 Å². The van der Waals surface area contributed by atoms with Crippen molar-refractivity contribution in [3.05, 3.63) is 62.1 Å². The molecule has 0 saturated carbocycles. The molecular formula is C19H15ClF3N5O5S. The quantitative estimate of drug-likeness (QED) is 0.592. The summed E-state index contributed by atoms with van der Waals surface area (Å²) in [5.41, 5.74) is -0.800. The molecule has 1 aromatic heterocycles. The molecule has 3 rings (SSSR count). The first kappa shape index (κ1) is 25.2. The molecule has 0 bridgehead atoms. The van der Waals surface area contributed by atoms with Crippen LogP contribution >= 0.6 is 11.6 Å². The zero-order valence-electron chi connectivity index (χ0n) is 17.2. The monoisotopic (exact) mass is 517 g/mol. The summed E-state index contributed by atoms with van der Waals surface area (Å²) in [7, 11) is -3.84. The van der Waals surface area contributed by atoms with Crippen LogP contribution in [0.2, 0.25) is 5.02 Å². The van der Waals surface area contributed by atoms with Crippen molar-refractivity contribution in [3.8, 4) is 17.6 Å². The molecule has 0 aliphatic carbocycles. The SMILES string of the molecule is CCS(=O)(=O)C1=CC(Cn2cnc(C(F)(F)F)c(Oc3cc(Cl)cc(C#N)c3)c2=O)=NNC1O. The first-order valence-corrected chi connectivity index (χ1v) is 11.4. The fourth-order valence-electron chi connectivity index (χ4n) is 2.85. The number of aromatic nitrogens is 2. The Morgan fingerprint density at radius 1 is 1.35 bits per heavy atom. The van der Waals surface area contributed by atoms with Crippen molar-refractivity contribution in [3.63, 3.8) is 0 Å². The van der Waals surface area contributed by atoms with E-state index < -0.39 is 50.7 Å². The Morgan fingerprint density at radius 2 is 2.06 bits per heavy atom. The summed E-state index contributed by atoms with van der Waals surface area (Å²) in [5, 5.41) is 22.6. The molecule has 1 aliphatic rings. The number of aliphatic hydroxyl groups is 1. The van der Waals surface area contributed by atoms with Gasteiger partial charge in [-0.3, -0.25) is 14.8 Å². The van der Waals surface area contributed by atoms with Gasteiger partial charge < -0.3 is 9.84 Å². The van der Waals surface area contributed by atoms with Crippen LogP contribution in [0.4, 0.5) is 13.2 Å². The number of benzene rings is 1. The molecule has 34 heavy (non-hydrogen) atoms. The van der Waals surface area contributed by atoms with Crippen LogP contribution < -0.4 is 15.7 Å². The Morgan fingerprint density at radius 3 is 2.68 bits per heavy atom. The predicted octanol–water partition coefficient (Wildman–Crippen LogP) is 2.18. The van der Waals surface area contributed by atoms with Gasteiger partial charge in [0.1, 0.15) is 5.75 Å². The Bertz CT molecular complexity index is 1400. The Kier molecular flexibility index (Phi) is 7.01. The van der Waals surface area contributed by atoms with Gasteiger partial charge in [0.15, 0.2) is 21.8 Å². The van der Waals surface area contributed by atoms with E-state index in [0.717, 1.165) is 18.2 Å². The molecule has 2 N–H and O–H groups in total. The largest absolute Gasteiger partial charge is 0.449 e. The fraction of sp³-hybridized carbons (Fsp3) is 0.263. The molecule has 1 aliphatic heterocycles. The van der Waals surface area contributed by atoms with Gasteiger partial charge in [-0.05, 0) is 24.3 Å². The minimum atomic E-state index is -5.06. The summed E-state index contributed by atoms with van der Waals surface area (Å²) in [6.07, 6.45) is -5.06. The van der Waals surface area contributed by atoms with E-state index in [9.17, 15) is 31.5 Å². The zero-order chi connectivity index (χ0) is 25.3. The summed E-state index contributed by atoms with van der Waals surface area (Å²) >= 11 is 5.85. The van der Waals surface area contributed by atoms with E-state index in [4.69, 9.17) is 21.6 Å². The molecule has 1 aromatic carbocycles. The molecule has 1 unspecified atom stereocenters. The number of nitriles is 1. The number of sulfone groups is 1. The highest BCUT2D eigenvalue weighted by atomic mass is 35.5. The molecule has 2 heterocycles. The van der Waals surface area contributed by atoms with Gasteiger partial charge in [0.2, 0.25) is 5.75 Å². The Balaban J connectivity index is 2.06. The first-order valence-electron chi connectivity index (χ1n) is 9.35. The molecule has 2 aromatic rings. The van der Waals surface area contributed by atoms with E-state index in [-0.39, 0.29) is 27.8 Å². The van der Waals surface area contributed by atoms with Gasteiger partial charge in [-0.1, -0.05) is 18.5 Å². The predicted molar refractivity (Wildman–Crippen MR) is 114 cm³/mol. The van der Waals surface area contributed by atoms with E-state index >= 15 is 0 Å². The molecule has 0 saturated heterocycles. The maximum atomic E-state index is 13.5. The number of ether oxygens (including phenoxy) is 1. The number of halogens is 4. The van der Waals surface area contributed by atoms with Gasteiger partial charge in [-0.25, -0.2) is 13.4 Å². The minimum Gasteiger partial charge on any atom is -0.449 e. The highest BCUT2D eigenvalue weighted by Gasteiger charge is 2.39. The Hall–Kier alpha value is -3.41. The summed E-state index contributed by atoms with van der Waals surface area (Å²) in [5.74, 6) is -1.81. The molecular weight excluding hydrogens is 503 g/mol. The van der Waals surface area contributed by atoms with Crippen molar-refractivity contribution in [1.29, 1.82) is 5.26 Å². The normalized spacial score (nSPS) is 16.2. The third-order valence-electron chi connectivity index (χ3n) is 4.47. The zero-order valence-corrected chi connectivity index (χ0v) is 18.7. The third kappa shape index (κ3) is 5.38. The van der Waals surface area contributed by atoms with E-state index in [0.29, 0.717) is 10.9 Å². The summed E-state index contributed by atoms with van der Waals surface area (Å²) in [4.78, 5) is 15.8. The van der Waals surface area contributed by atoms with Crippen molar-refractivity contribution in [2.45, 2.75) is 25.9 Å². The van der Waals surface area contributed by atoms with E-state index in [1.807, 2.05) is 0 Å². The summed E-state index contributed by atoms with van der Waals surface area (Å²) in [6, 6.07) is 5.21. The first-order chi connectivity index (χ1) is 15.9. The van der Waals surface area contributed by atoms with Gasteiger partial charge >= 0.3 is 6.18 Å². The van der Waals surface area contributed by atoms with Crippen molar-refractivity contribution < 1.29 is 31.4 Å². The second-order valence-electron chi connectivity index (χ2n) is 6.83. The molecule has 0 spiro atoms. The van der Waals surface area contributed by atoms with Gasteiger partial charge in [-0.2, -0.15) is 23.5 Å². The van der Waals surface area contributed by atoms with Crippen molar-refractivity contribution >= 4 is 27.1 Å². The second kappa shape index (κ2) is 9.45. The number of hydrazone groups is 1. The van der Waals surface area contributed by atoms with E-state index in [2.05, 4.69) is 15.5 Å². The standard InChI is InChI=1S/C19H15ClF3N5O5S/c1-2-34(31,32)14-6-12(26-27-17(14)29)8-28-9-25-16(19(21,22)23)15(18(28)30)33-13-4-10(7-24)3-11(20)5-13/h3-6,9,17,27,29H,2,8H2,1H3. The maximum Gasteiger partial charge on any atom is 0.437 e. The lowest BCUT2D eigenvalue weighted by atomic mass is 10.2. The lowest BCUT2D eigenvalue weighted by molar-refractivity contribution is -0.142. The topological polar surface area (TPSA) is 147 Å². The molecule has 0 radical (unpaired) electrons. The third-order valence-corrected chi connectivity index (χ3v) is 6.50. The van der Waals surface area contributed by atoms with Crippen LogP contribution in [0.1, 0.15) is 18.2 Å². The number of hydrogen-bond donors (Lipinski definition) is 2. The molecule has 1 atom stereocenters. The van der Waals surface area contributed by atoms with Gasteiger partial charge in [0, 0.05) is 5.02 Å². The second-order valence-corrected chi connectivity index (χ2v) is 9.54. The van der Waals surface area contributed by atoms with Gasteiger partial charge in [-0.15, -0.1) is 0 Å². The van der Waals surface area contributed by atoms with Crippen molar-refractivity contribution in [2.75, 3.05) is 5.75 Å². The van der Waals surface area contributed by atoms with E-state index in [1.165, 1.54) is 13.0 Å². The van der Waals surface area contributed by atoms with Crippen LogP contribution in [-0.4, -0.2) is 40.8 Å². The highest BCUT2D eigenvalue weighted by molar-refractivity contribution is 7.95. The number of nitrogens with one attached hydrogen (secondary N) is 1. The minimum absolute atomic E-state index is 0.0113. The van der Waals surface area contributed by atoms with Crippen LogP contribution in [0.25, 0.3) is 0 Å². The molecule has 0 fully saturated rings. The lowest BCUT2D eigenvalue weighted by Crippen LogP contribution is -2.37. The van der Waals surface area contributed by atoms with Gasteiger partial charge in [0.25, 0.3) is 5.56 Å². The van der Waals surface area contributed by atoms with Crippen molar-refractivity contribution in [2.24, 2.45) is 5.10 Å². The van der Waals surface area contributed by atoms with Crippen LogP contribution in [0.15, 0.2) is 45.4 Å². The number of alkyl halides is 3. The molecule has 15 heteroatoms. The van der Waals surface area contributed by atoms with Crippen LogP contribution in [-0.2, 0) is 22.6 Å². The fourth-order valence-corrected chi connectivity index (χ4v) is 4.11. The smallest absolute Gasteiger partial charge is 0.437 e. The Labute approximate surface area is 195 Å². The van der Waals surface area contributed by atoms with Crippen LogP contribution in [0.3, 0.4) is 0 Å². The molecule has 10 nitrogen and oxygen atoms in total. The van der Waals surface area contributed by atoms with Crippen molar-refractivity contribution in [1.82, 2.24) is 15.0 Å². The number of allylic oxidation sites excluding steroid dienone is 1. The highest BCUT2D eigenvalue weighted by Crippen LogP contribution is 2.35. The molecule has 0 amide bonds. The number of rotatable bonds is 6. The average molecular weight is 518 g/mol. The number of hydrogen-bond acceptors (Lipinski definition) is 9.